The highest BCUT2D eigenvalue weighted by molar-refractivity contribution is 5.86. The van der Waals surface area contributed by atoms with Crippen molar-refractivity contribution in [3.8, 4) is 0 Å². The Balaban J connectivity index is 1.65. The van der Waals surface area contributed by atoms with Crippen LogP contribution < -0.4 is 5.32 Å². The minimum absolute atomic E-state index is 0.0499. The van der Waals surface area contributed by atoms with E-state index in [1.54, 1.807) is 13.0 Å². The predicted octanol–water partition coefficient (Wildman–Crippen LogP) is 1.86. The van der Waals surface area contributed by atoms with E-state index in [4.69, 9.17) is 9.52 Å². The van der Waals surface area contributed by atoms with Gasteiger partial charge in [0, 0.05) is 5.56 Å². The molecule has 2 N–H and O–H groups in total. The van der Waals surface area contributed by atoms with Crippen LogP contribution in [0.5, 0.6) is 0 Å². The Morgan fingerprint density at radius 1 is 1.47 bits per heavy atom. The second-order valence-electron chi connectivity index (χ2n) is 5.11. The zero-order valence-electron chi connectivity index (χ0n) is 11.4. The Kier molecular flexibility index (Phi) is 4.99. The summed E-state index contributed by atoms with van der Waals surface area (Å²) < 4.78 is 5.28. The van der Waals surface area contributed by atoms with Gasteiger partial charge < -0.3 is 19.7 Å². The maximum Gasteiger partial charge on any atom is 0.372 e. The standard InChI is InChI=1S/C14H22N2O3/c1-11-9-12(19-13(11)14(17)18)10-15-5-4-8-16-6-2-3-7-16/h9,15H,2-8,10H2,1H3,(H,17,18). The third-order valence-corrected chi connectivity index (χ3v) is 3.49. The maximum absolute atomic E-state index is 10.8. The molecule has 1 aromatic heterocycles. The Morgan fingerprint density at radius 2 is 2.21 bits per heavy atom. The predicted molar refractivity (Wildman–Crippen MR) is 72.4 cm³/mol. The van der Waals surface area contributed by atoms with E-state index in [0.717, 1.165) is 19.5 Å². The lowest BCUT2D eigenvalue weighted by atomic mass is 10.2. The Hall–Kier alpha value is -1.33. The first kappa shape index (κ1) is 14.1. The lowest BCUT2D eigenvalue weighted by Crippen LogP contribution is -2.24. The quantitative estimate of drug-likeness (QED) is 0.737. The van der Waals surface area contributed by atoms with Crippen LogP contribution in [0.4, 0.5) is 0 Å². The highest BCUT2D eigenvalue weighted by atomic mass is 16.4. The molecule has 1 aromatic rings. The van der Waals surface area contributed by atoms with E-state index in [2.05, 4.69) is 10.2 Å². The molecule has 19 heavy (non-hydrogen) atoms. The largest absolute Gasteiger partial charge is 0.475 e. The summed E-state index contributed by atoms with van der Waals surface area (Å²) in [6.07, 6.45) is 3.78. The first-order valence-corrected chi connectivity index (χ1v) is 6.92. The number of likely N-dealkylation sites (tertiary alicyclic amines) is 1. The summed E-state index contributed by atoms with van der Waals surface area (Å²) in [7, 11) is 0. The summed E-state index contributed by atoms with van der Waals surface area (Å²) in [6, 6.07) is 1.79. The summed E-state index contributed by atoms with van der Waals surface area (Å²) in [5, 5.41) is 12.2. The topological polar surface area (TPSA) is 65.7 Å². The van der Waals surface area contributed by atoms with Crippen molar-refractivity contribution < 1.29 is 14.3 Å². The molecule has 1 aliphatic rings. The van der Waals surface area contributed by atoms with Crippen LogP contribution in [-0.2, 0) is 6.54 Å². The number of carboxylic acid groups (broad SMARTS) is 1. The average Bonchev–Trinajstić information content (AvgIpc) is 2.98. The number of rotatable bonds is 7. The van der Waals surface area contributed by atoms with Crippen molar-refractivity contribution in [1.82, 2.24) is 10.2 Å². The van der Waals surface area contributed by atoms with Gasteiger partial charge in [-0.15, -0.1) is 0 Å². The molecular weight excluding hydrogens is 244 g/mol. The van der Waals surface area contributed by atoms with Crippen molar-refractivity contribution in [3.63, 3.8) is 0 Å². The molecule has 2 rings (SSSR count). The van der Waals surface area contributed by atoms with Crippen molar-refractivity contribution in [1.29, 1.82) is 0 Å². The lowest BCUT2D eigenvalue weighted by molar-refractivity contribution is 0.0659. The number of furan rings is 1. The molecule has 5 heteroatoms. The normalized spacial score (nSPS) is 16.1. The number of aryl methyl sites for hydroxylation is 1. The molecule has 0 amide bonds. The molecule has 0 saturated carbocycles. The number of nitrogens with zero attached hydrogens (tertiary/aromatic N) is 1. The number of carboxylic acids is 1. The fraction of sp³-hybridized carbons (Fsp3) is 0.643. The molecule has 0 unspecified atom stereocenters. The number of hydrogen-bond donors (Lipinski definition) is 2. The highest BCUT2D eigenvalue weighted by Crippen LogP contribution is 2.14. The van der Waals surface area contributed by atoms with Gasteiger partial charge in [0.15, 0.2) is 0 Å². The van der Waals surface area contributed by atoms with Crippen LogP contribution in [0, 0.1) is 6.92 Å². The van der Waals surface area contributed by atoms with Crippen LogP contribution in [0.2, 0.25) is 0 Å². The molecule has 0 radical (unpaired) electrons. The van der Waals surface area contributed by atoms with Gasteiger partial charge in [-0.2, -0.15) is 0 Å². The van der Waals surface area contributed by atoms with Crippen LogP contribution in [0.25, 0.3) is 0 Å². The van der Waals surface area contributed by atoms with Crippen molar-refractivity contribution in [2.45, 2.75) is 32.7 Å². The Labute approximate surface area is 113 Å². The second kappa shape index (κ2) is 6.73. The minimum atomic E-state index is -1.00. The molecule has 1 aliphatic heterocycles. The molecule has 0 aliphatic carbocycles. The summed E-state index contributed by atoms with van der Waals surface area (Å²) in [5.74, 6) is -0.261. The van der Waals surface area contributed by atoms with E-state index in [1.165, 1.54) is 25.9 Å². The van der Waals surface area contributed by atoms with E-state index in [1.807, 2.05) is 0 Å². The van der Waals surface area contributed by atoms with Gasteiger partial charge in [0.05, 0.1) is 6.54 Å². The fourth-order valence-electron chi connectivity index (χ4n) is 2.49. The summed E-state index contributed by atoms with van der Waals surface area (Å²) >= 11 is 0. The molecular formula is C14H22N2O3. The van der Waals surface area contributed by atoms with E-state index in [9.17, 15) is 4.79 Å². The first-order chi connectivity index (χ1) is 9.16. The third-order valence-electron chi connectivity index (χ3n) is 3.49. The van der Waals surface area contributed by atoms with Gasteiger partial charge in [0.2, 0.25) is 5.76 Å². The van der Waals surface area contributed by atoms with Gasteiger partial charge in [0.25, 0.3) is 0 Å². The highest BCUT2D eigenvalue weighted by Gasteiger charge is 2.14. The Morgan fingerprint density at radius 3 is 2.84 bits per heavy atom. The molecule has 0 spiro atoms. The first-order valence-electron chi connectivity index (χ1n) is 6.92. The molecule has 0 aromatic carbocycles. The third kappa shape index (κ3) is 4.08. The number of hydrogen-bond acceptors (Lipinski definition) is 4. The van der Waals surface area contributed by atoms with Crippen LogP contribution in [-0.4, -0.2) is 42.2 Å². The molecule has 1 saturated heterocycles. The summed E-state index contributed by atoms with van der Waals surface area (Å²) in [5.41, 5.74) is 0.682. The molecule has 0 atom stereocenters. The van der Waals surface area contributed by atoms with Gasteiger partial charge in [-0.1, -0.05) is 0 Å². The van der Waals surface area contributed by atoms with Gasteiger partial charge in [0.1, 0.15) is 5.76 Å². The lowest BCUT2D eigenvalue weighted by Gasteiger charge is -2.13. The Bertz CT molecular complexity index is 422. The van der Waals surface area contributed by atoms with Crippen LogP contribution in [0.15, 0.2) is 10.5 Å². The molecule has 106 valence electrons. The van der Waals surface area contributed by atoms with E-state index in [0.29, 0.717) is 17.9 Å². The smallest absolute Gasteiger partial charge is 0.372 e. The van der Waals surface area contributed by atoms with Crippen LogP contribution >= 0.6 is 0 Å². The van der Waals surface area contributed by atoms with E-state index in [-0.39, 0.29) is 5.76 Å². The van der Waals surface area contributed by atoms with Crippen molar-refractivity contribution in [3.05, 3.63) is 23.2 Å². The summed E-state index contributed by atoms with van der Waals surface area (Å²) in [4.78, 5) is 13.3. The number of aromatic carboxylic acids is 1. The molecule has 1 fully saturated rings. The monoisotopic (exact) mass is 266 g/mol. The van der Waals surface area contributed by atoms with Crippen molar-refractivity contribution >= 4 is 5.97 Å². The van der Waals surface area contributed by atoms with Crippen molar-refractivity contribution in [2.24, 2.45) is 0 Å². The van der Waals surface area contributed by atoms with Gasteiger partial charge in [-0.25, -0.2) is 4.79 Å². The maximum atomic E-state index is 10.8. The average molecular weight is 266 g/mol. The van der Waals surface area contributed by atoms with Crippen LogP contribution in [0.1, 0.15) is 41.1 Å². The van der Waals surface area contributed by atoms with Crippen LogP contribution in [0.3, 0.4) is 0 Å². The zero-order valence-corrected chi connectivity index (χ0v) is 11.4. The van der Waals surface area contributed by atoms with Gasteiger partial charge >= 0.3 is 5.97 Å². The minimum Gasteiger partial charge on any atom is -0.475 e. The van der Waals surface area contributed by atoms with Gasteiger partial charge in [-0.05, 0) is 58.4 Å². The molecule has 5 nitrogen and oxygen atoms in total. The summed E-state index contributed by atoms with van der Waals surface area (Å²) in [6.45, 7) is 6.89. The second-order valence-corrected chi connectivity index (χ2v) is 5.11. The van der Waals surface area contributed by atoms with Crippen molar-refractivity contribution in [2.75, 3.05) is 26.2 Å². The van der Waals surface area contributed by atoms with E-state index < -0.39 is 5.97 Å². The SMILES string of the molecule is Cc1cc(CNCCCN2CCCC2)oc1C(=O)O. The fourth-order valence-corrected chi connectivity index (χ4v) is 2.49. The van der Waals surface area contributed by atoms with E-state index >= 15 is 0 Å². The number of carbonyl (C=O) groups is 1. The molecule has 2 heterocycles. The number of nitrogens with one attached hydrogen (secondary N) is 1. The molecule has 0 bridgehead atoms. The zero-order chi connectivity index (χ0) is 13.7. The van der Waals surface area contributed by atoms with Gasteiger partial charge in [-0.3, -0.25) is 0 Å².